The first-order valence-electron chi connectivity index (χ1n) is 8.65. The fraction of sp³-hybridized carbons (Fsp3) is 1.00. The largest absolute Gasteiger partial charge is 0.307 e. The van der Waals surface area contributed by atoms with Gasteiger partial charge < -0.3 is 5.32 Å². The lowest BCUT2D eigenvalue weighted by Crippen LogP contribution is -2.62. The first-order chi connectivity index (χ1) is 9.13. The van der Waals surface area contributed by atoms with Crippen LogP contribution in [-0.2, 0) is 0 Å². The molecule has 2 saturated heterocycles. The second-order valence-electron chi connectivity index (χ2n) is 7.25. The maximum atomic E-state index is 3.95. The average Bonchev–Trinajstić information content (AvgIpc) is 2.87. The Morgan fingerprint density at radius 3 is 2.42 bits per heavy atom. The molecule has 19 heavy (non-hydrogen) atoms. The van der Waals surface area contributed by atoms with Gasteiger partial charge >= 0.3 is 0 Å². The van der Waals surface area contributed by atoms with Crippen LogP contribution < -0.4 is 5.32 Å². The van der Waals surface area contributed by atoms with E-state index < -0.39 is 0 Å². The molecule has 112 valence electrons. The van der Waals surface area contributed by atoms with Crippen molar-refractivity contribution < 1.29 is 0 Å². The summed E-state index contributed by atoms with van der Waals surface area (Å²) in [5, 5.41) is 3.95. The molecule has 2 aliphatic rings. The number of unbranched alkanes of at least 4 members (excludes halogenated alkanes) is 3. The Morgan fingerprint density at radius 2 is 1.79 bits per heavy atom. The standard InChI is InChI=1S/C17H34N2/c1-4-5-6-7-10-15-11-12-16(17(2,3)18-15)19-13-8-9-14-19/h15-16,18H,4-14H2,1-3H3. The third-order valence-corrected chi connectivity index (χ3v) is 5.19. The minimum absolute atomic E-state index is 0.304. The number of piperidine rings is 1. The molecule has 2 fully saturated rings. The fourth-order valence-corrected chi connectivity index (χ4v) is 4.14. The van der Waals surface area contributed by atoms with Crippen molar-refractivity contribution in [3.63, 3.8) is 0 Å². The maximum Gasteiger partial charge on any atom is 0.0283 e. The molecule has 0 aromatic carbocycles. The van der Waals surface area contributed by atoms with Crippen LogP contribution in [0.5, 0.6) is 0 Å². The highest BCUT2D eigenvalue weighted by atomic mass is 15.2. The summed E-state index contributed by atoms with van der Waals surface area (Å²) in [5.74, 6) is 0. The summed E-state index contributed by atoms with van der Waals surface area (Å²) in [7, 11) is 0. The van der Waals surface area contributed by atoms with Crippen molar-refractivity contribution in [2.75, 3.05) is 13.1 Å². The van der Waals surface area contributed by atoms with Crippen molar-refractivity contribution in [1.82, 2.24) is 10.2 Å². The van der Waals surface area contributed by atoms with E-state index in [0.717, 1.165) is 12.1 Å². The maximum absolute atomic E-state index is 3.95. The Labute approximate surface area is 120 Å². The Kier molecular flexibility index (Phi) is 5.70. The number of nitrogens with one attached hydrogen (secondary N) is 1. The SMILES string of the molecule is CCCCCCC1CCC(N2CCCC2)C(C)(C)N1. The predicted molar refractivity (Wildman–Crippen MR) is 83.6 cm³/mol. The minimum Gasteiger partial charge on any atom is -0.307 e. The Bertz CT molecular complexity index is 256. The molecule has 0 saturated carbocycles. The third kappa shape index (κ3) is 4.19. The van der Waals surface area contributed by atoms with E-state index in [-0.39, 0.29) is 0 Å². The van der Waals surface area contributed by atoms with Crippen molar-refractivity contribution >= 4 is 0 Å². The third-order valence-electron chi connectivity index (χ3n) is 5.19. The Morgan fingerprint density at radius 1 is 1.05 bits per heavy atom. The molecule has 2 aliphatic heterocycles. The zero-order chi connectivity index (χ0) is 13.7. The van der Waals surface area contributed by atoms with Crippen LogP contribution in [-0.4, -0.2) is 35.6 Å². The Hall–Kier alpha value is -0.0800. The molecule has 0 spiro atoms. The normalized spacial score (nSPS) is 31.7. The van der Waals surface area contributed by atoms with Crippen LogP contribution in [0.1, 0.15) is 78.6 Å². The first kappa shape index (κ1) is 15.3. The molecule has 2 unspecified atom stereocenters. The zero-order valence-electron chi connectivity index (χ0n) is 13.4. The monoisotopic (exact) mass is 266 g/mol. The number of likely N-dealkylation sites (tertiary alicyclic amines) is 1. The van der Waals surface area contributed by atoms with E-state index in [1.54, 1.807) is 0 Å². The van der Waals surface area contributed by atoms with E-state index in [1.807, 2.05) is 0 Å². The number of rotatable bonds is 6. The molecular formula is C17H34N2. The van der Waals surface area contributed by atoms with Gasteiger partial charge in [-0.05, 0) is 59.0 Å². The topological polar surface area (TPSA) is 15.3 Å². The minimum atomic E-state index is 0.304. The highest BCUT2D eigenvalue weighted by molar-refractivity contribution is 5.00. The summed E-state index contributed by atoms with van der Waals surface area (Å²) in [6.45, 7) is 9.80. The molecule has 2 nitrogen and oxygen atoms in total. The van der Waals surface area contributed by atoms with Crippen LogP contribution in [0.3, 0.4) is 0 Å². The lowest BCUT2D eigenvalue weighted by molar-refractivity contribution is 0.0820. The van der Waals surface area contributed by atoms with Crippen LogP contribution in [0.25, 0.3) is 0 Å². The Balaban J connectivity index is 1.77. The molecule has 1 N–H and O–H groups in total. The summed E-state index contributed by atoms with van der Waals surface area (Å²) in [6, 6.07) is 1.53. The van der Waals surface area contributed by atoms with Gasteiger partial charge in [-0.1, -0.05) is 32.6 Å². The lowest BCUT2D eigenvalue weighted by atomic mass is 9.82. The molecule has 0 amide bonds. The van der Waals surface area contributed by atoms with E-state index in [4.69, 9.17) is 0 Å². The zero-order valence-corrected chi connectivity index (χ0v) is 13.4. The van der Waals surface area contributed by atoms with Gasteiger partial charge in [-0.25, -0.2) is 0 Å². The van der Waals surface area contributed by atoms with Gasteiger partial charge in [0.2, 0.25) is 0 Å². The van der Waals surface area contributed by atoms with Crippen molar-refractivity contribution in [2.45, 2.75) is 96.2 Å². The summed E-state index contributed by atoms with van der Waals surface area (Å²) in [5.41, 5.74) is 0.304. The smallest absolute Gasteiger partial charge is 0.0283 e. The number of nitrogens with zero attached hydrogens (tertiary/aromatic N) is 1. The average molecular weight is 266 g/mol. The van der Waals surface area contributed by atoms with Gasteiger partial charge in [0, 0.05) is 17.6 Å². The van der Waals surface area contributed by atoms with Crippen LogP contribution in [0.15, 0.2) is 0 Å². The number of hydrogen-bond donors (Lipinski definition) is 1. The summed E-state index contributed by atoms with van der Waals surface area (Å²) < 4.78 is 0. The molecule has 2 rings (SSSR count). The van der Waals surface area contributed by atoms with Gasteiger partial charge in [0.25, 0.3) is 0 Å². The lowest BCUT2D eigenvalue weighted by Gasteiger charge is -2.48. The van der Waals surface area contributed by atoms with Crippen LogP contribution in [0.2, 0.25) is 0 Å². The van der Waals surface area contributed by atoms with E-state index in [2.05, 4.69) is 31.0 Å². The second-order valence-corrected chi connectivity index (χ2v) is 7.25. The van der Waals surface area contributed by atoms with E-state index >= 15 is 0 Å². The molecule has 0 aromatic heterocycles. The summed E-state index contributed by atoms with van der Waals surface area (Å²) >= 11 is 0. The first-order valence-corrected chi connectivity index (χ1v) is 8.65. The summed E-state index contributed by atoms with van der Waals surface area (Å²) in [4.78, 5) is 2.74. The molecule has 0 aromatic rings. The fourth-order valence-electron chi connectivity index (χ4n) is 4.14. The van der Waals surface area contributed by atoms with Gasteiger partial charge in [0.05, 0.1) is 0 Å². The molecular weight excluding hydrogens is 232 g/mol. The van der Waals surface area contributed by atoms with Gasteiger partial charge in [-0.2, -0.15) is 0 Å². The van der Waals surface area contributed by atoms with E-state index in [9.17, 15) is 0 Å². The quantitative estimate of drug-likeness (QED) is 0.732. The molecule has 0 radical (unpaired) electrons. The van der Waals surface area contributed by atoms with Gasteiger partial charge in [-0.3, -0.25) is 4.90 Å². The highest BCUT2D eigenvalue weighted by Gasteiger charge is 2.39. The van der Waals surface area contributed by atoms with Crippen LogP contribution in [0, 0.1) is 0 Å². The molecule has 2 heterocycles. The van der Waals surface area contributed by atoms with E-state index in [0.29, 0.717) is 5.54 Å². The predicted octanol–water partition coefficient (Wildman–Crippen LogP) is 3.95. The van der Waals surface area contributed by atoms with Crippen molar-refractivity contribution in [3.8, 4) is 0 Å². The van der Waals surface area contributed by atoms with Gasteiger partial charge in [0.15, 0.2) is 0 Å². The molecule has 2 atom stereocenters. The molecule has 0 aliphatic carbocycles. The van der Waals surface area contributed by atoms with Crippen molar-refractivity contribution in [2.24, 2.45) is 0 Å². The second kappa shape index (κ2) is 7.08. The van der Waals surface area contributed by atoms with Crippen molar-refractivity contribution in [1.29, 1.82) is 0 Å². The number of hydrogen-bond acceptors (Lipinski definition) is 2. The van der Waals surface area contributed by atoms with Crippen LogP contribution >= 0.6 is 0 Å². The van der Waals surface area contributed by atoms with E-state index in [1.165, 1.54) is 70.9 Å². The van der Waals surface area contributed by atoms with Gasteiger partial charge in [0.1, 0.15) is 0 Å². The molecule has 0 bridgehead atoms. The summed E-state index contributed by atoms with van der Waals surface area (Å²) in [6.07, 6.45) is 12.6. The van der Waals surface area contributed by atoms with Crippen molar-refractivity contribution in [3.05, 3.63) is 0 Å². The molecule has 2 heteroatoms. The van der Waals surface area contributed by atoms with Crippen LogP contribution in [0.4, 0.5) is 0 Å². The van der Waals surface area contributed by atoms with Gasteiger partial charge in [-0.15, -0.1) is 0 Å². The highest BCUT2D eigenvalue weighted by Crippen LogP contribution is 2.30.